The molecule has 26 heavy (non-hydrogen) atoms. The smallest absolute Gasteiger partial charge is 0.306 e. The summed E-state index contributed by atoms with van der Waals surface area (Å²) in [6, 6.07) is 6.64. The topological polar surface area (TPSA) is 72.5 Å². The van der Waals surface area contributed by atoms with Crippen molar-refractivity contribution in [1.82, 2.24) is 5.32 Å². The zero-order chi connectivity index (χ0) is 19.1. The predicted octanol–water partition coefficient (Wildman–Crippen LogP) is 3.79. The Kier molecular flexibility index (Phi) is 7.64. The second-order valence-corrected chi connectivity index (χ2v) is 7.47. The zero-order valence-electron chi connectivity index (χ0n) is 15.3. The second-order valence-electron chi connectivity index (χ2n) is 7.03. The molecule has 0 aromatic heterocycles. The lowest BCUT2D eigenvalue weighted by molar-refractivity contribution is -0.148. The summed E-state index contributed by atoms with van der Waals surface area (Å²) in [6.45, 7) is 4.04. The van der Waals surface area contributed by atoms with Crippen LogP contribution in [0.3, 0.4) is 0 Å². The Morgan fingerprint density at radius 3 is 2.50 bits per heavy atom. The fraction of sp³-hybridized carbons (Fsp3) is 0.550. The van der Waals surface area contributed by atoms with E-state index in [-0.39, 0.29) is 37.2 Å². The van der Waals surface area contributed by atoms with E-state index >= 15 is 0 Å². The van der Waals surface area contributed by atoms with Gasteiger partial charge in [-0.3, -0.25) is 14.4 Å². The van der Waals surface area contributed by atoms with Crippen molar-refractivity contribution >= 4 is 29.3 Å². The van der Waals surface area contributed by atoms with Gasteiger partial charge in [0, 0.05) is 23.0 Å². The Labute approximate surface area is 159 Å². The molecule has 0 aliphatic heterocycles. The molecule has 142 valence electrons. The molecule has 1 aromatic rings. The van der Waals surface area contributed by atoms with E-state index in [0.29, 0.717) is 22.4 Å². The number of rotatable bonds is 7. The number of amides is 1. The first-order valence-corrected chi connectivity index (χ1v) is 9.48. The number of nitrogens with one attached hydrogen (secondary N) is 1. The summed E-state index contributed by atoms with van der Waals surface area (Å²) in [5.41, 5.74) is 0.500. The Hall–Kier alpha value is -1.88. The molecule has 6 heteroatoms. The van der Waals surface area contributed by atoms with Crippen LogP contribution in [0.5, 0.6) is 0 Å². The molecular formula is C20H26ClNO4. The van der Waals surface area contributed by atoms with Gasteiger partial charge in [-0.1, -0.05) is 38.3 Å². The van der Waals surface area contributed by atoms with Gasteiger partial charge in [-0.15, -0.1) is 0 Å². The van der Waals surface area contributed by atoms with Crippen LogP contribution in [0.15, 0.2) is 24.3 Å². The number of esters is 1. The third-order valence-electron chi connectivity index (χ3n) is 5.14. The van der Waals surface area contributed by atoms with E-state index in [4.69, 9.17) is 16.3 Å². The van der Waals surface area contributed by atoms with Gasteiger partial charge in [0.15, 0.2) is 12.4 Å². The maximum absolute atomic E-state index is 12.0. The van der Waals surface area contributed by atoms with Gasteiger partial charge in [0.05, 0.1) is 6.42 Å². The molecule has 1 saturated carbocycles. The molecular weight excluding hydrogens is 354 g/mol. The molecule has 0 spiro atoms. The van der Waals surface area contributed by atoms with Crippen LogP contribution in [0.1, 0.15) is 56.3 Å². The molecule has 2 rings (SSSR count). The minimum absolute atomic E-state index is 0.0409. The molecule has 0 bridgehead atoms. The molecule has 1 aromatic carbocycles. The van der Waals surface area contributed by atoms with Gasteiger partial charge in [0.25, 0.3) is 5.91 Å². The monoisotopic (exact) mass is 379 g/mol. The molecule has 0 unspecified atom stereocenters. The summed E-state index contributed by atoms with van der Waals surface area (Å²) in [5, 5.41) is 3.50. The second kappa shape index (κ2) is 9.72. The predicted molar refractivity (Wildman–Crippen MR) is 100 cm³/mol. The van der Waals surface area contributed by atoms with E-state index in [1.54, 1.807) is 24.3 Å². The van der Waals surface area contributed by atoms with Crippen LogP contribution in [0, 0.1) is 11.8 Å². The highest BCUT2D eigenvalue weighted by Crippen LogP contribution is 2.29. The van der Waals surface area contributed by atoms with Gasteiger partial charge < -0.3 is 10.1 Å². The summed E-state index contributed by atoms with van der Waals surface area (Å²) in [5.74, 6) is 0.00446. The SMILES string of the molecule is C[C@@H]1[C@@H](C)CCC[C@H]1NC(=O)COC(=O)CCC(=O)c1ccc(Cl)cc1. The number of halogens is 1. The fourth-order valence-electron chi connectivity index (χ4n) is 3.25. The Bertz CT molecular complexity index is 644. The Morgan fingerprint density at radius 2 is 1.81 bits per heavy atom. The lowest BCUT2D eigenvalue weighted by Gasteiger charge is -2.34. The molecule has 0 heterocycles. The van der Waals surface area contributed by atoms with Crippen molar-refractivity contribution in [3.63, 3.8) is 0 Å². The normalized spacial score (nSPS) is 22.5. The molecule has 3 atom stereocenters. The number of Topliss-reactive ketones (excluding diaryl/α,β-unsaturated/α-hetero) is 1. The molecule has 1 amide bonds. The number of carbonyl (C=O) groups is 3. The number of benzene rings is 1. The van der Waals surface area contributed by atoms with Crippen molar-refractivity contribution < 1.29 is 19.1 Å². The first-order chi connectivity index (χ1) is 12.4. The van der Waals surface area contributed by atoms with Crippen LogP contribution >= 0.6 is 11.6 Å². The summed E-state index contributed by atoms with van der Waals surface area (Å²) in [4.78, 5) is 35.8. The van der Waals surface area contributed by atoms with E-state index in [9.17, 15) is 14.4 Å². The standard InChI is InChI=1S/C20H26ClNO4/c1-13-4-3-5-17(14(13)2)22-19(24)12-26-20(25)11-10-18(23)15-6-8-16(21)9-7-15/h6-9,13-14,17H,3-5,10-12H2,1-2H3,(H,22,24)/t13-,14+,17+/m0/s1. The number of ether oxygens (including phenoxy) is 1. The lowest BCUT2D eigenvalue weighted by Crippen LogP contribution is -2.45. The number of carbonyl (C=O) groups excluding carboxylic acids is 3. The first-order valence-electron chi connectivity index (χ1n) is 9.10. The third-order valence-corrected chi connectivity index (χ3v) is 5.39. The molecule has 1 N–H and O–H groups in total. The van der Waals surface area contributed by atoms with Crippen LogP contribution in [-0.4, -0.2) is 30.3 Å². The van der Waals surface area contributed by atoms with Crippen molar-refractivity contribution in [3.05, 3.63) is 34.9 Å². The fourth-order valence-corrected chi connectivity index (χ4v) is 3.37. The van der Waals surface area contributed by atoms with E-state index in [1.807, 2.05) is 0 Å². The summed E-state index contributed by atoms with van der Waals surface area (Å²) < 4.78 is 4.99. The van der Waals surface area contributed by atoms with Crippen molar-refractivity contribution in [2.45, 2.75) is 52.0 Å². The maximum Gasteiger partial charge on any atom is 0.306 e. The lowest BCUT2D eigenvalue weighted by atomic mass is 9.78. The van der Waals surface area contributed by atoms with Gasteiger partial charge in [-0.25, -0.2) is 0 Å². The highest BCUT2D eigenvalue weighted by Gasteiger charge is 2.28. The summed E-state index contributed by atoms with van der Waals surface area (Å²) in [6.07, 6.45) is 3.23. The van der Waals surface area contributed by atoms with Crippen LogP contribution in [0.2, 0.25) is 5.02 Å². The van der Waals surface area contributed by atoms with Crippen LogP contribution in [-0.2, 0) is 14.3 Å². The zero-order valence-corrected chi connectivity index (χ0v) is 16.1. The number of hydrogen-bond acceptors (Lipinski definition) is 4. The minimum Gasteiger partial charge on any atom is -0.456 e. The van der Waals surface area contributed by atoms with Gasteiger partial charge in [-0.2, -0.15) is 0 Å². The molecule has 1 aliphatic rings. The average molecular weight is 380 g/mol. The largest absolute Gasteiger partial charge is 0.456 e. The van der Waals surface area contributed by atoms with Gasteiger partial charge >= 0.3 is 5.97 Å². The van der Waals surface area contributed by atoms with Crippen LogP contribution < -0.4 is 5.32 Å². The van der Waals surface area contributed by atoms with E-state index in [2.05, 4.69) is 19.2 Å². The molecule has 0 radical (unpaired) electrons. The Balaban J connectivity index is 1.68. The molecule has 5 nitrogen and oxygen atoms in total. The van der Waals surface area contributed by atoms with Crippen molar-refractivity contribution in [3.8, 4) is 0 Å². The van der Waals surface area contributed by atoms with E-state index in [0.717, 1.165) is 12.8 Å². The number of hydrogen-bond donors (Lipinski definition) is 1. The van der Waals surface area contributed by atoms with Crippen LogP contribution in [0.25, 0.3) is 0 Å². The molecule has 1 aliphatic carbocycles. The van der Waals surface area contributed by atoms with E-state index in [1.165, 1.54) is 6.42 Å². The first kappa shape index (κ1) is 20.4. The van der Waals surface area contributed by atoms with Gasteiger partial charge in [-0.05, 0) is 42.5 Å². The van der Waals surface area contributed by atoms with E-state index < -0.39 is 5.97 Å². The van der Waals surface area contributed by atoms with Crippen molar-refractivity contribution in [2.24, 2.45) is 11.8 Å². The molecule has 1 fully saturated rings. The third kappa shape index (κ3) is 6.13. The highest BCUT2D eigenvalue weighted by molar-refractivity contribution is 6.30. The summed E-state index contributed by atoms with van der Waals surface area (Å²) >= 11 is 5.78. The quantitative estimate of drug-likeness (QED) is 0.578. The summed E-state index contributed by atoms with van der Waals surface area (Å²) in [7, 11) is 0. The number of ketones is 1. The highest BCUT2D eigenvalue weighted by atomic mass is 35.5. The van der Waals surface area contributed by atoms with Gasteiger partial charge in [0.2, 0.25) is 0 Å². The molecule has 0 saturated heterocycles. The Morgan fingerprint density at radius 1 is 1.12 bits per heavy atom. The average Bonchev–Trinajstić information content (AvgIpc) is 2.62. The maximum atomic E-state index is 12.0. The van der Waals surface area contributed by atoms with Crippen molar-refractivity contribution in [2.75, 3.05) is 6.61 Å². The van der Waals surface area contributed by atoms with Crippen molar-refractivity contribution in [1.29, 1.82) is 0 Å². The van der Waals surface area contributed by atoms with Crippen LogP contribution in [0.4, 0.5) is 0 Å². The van der Waals surface area contributed by atoms with Gasteiger partial charge in [0.1, 0.15) is 0 Å². The minimum atomic E-state index is -0.549.